The number of nitrogens with one attached hydrogen (secondary N) is 1. The minimum atomic E-state index is -0.237. The molecular weight excluding hydrogens is 396 g/mol. The number of para-hydroxylation sites is 1. The van der Waals surface area contributed by atoms with Crippen LogP contribution in [-0.2, 0) is 0 Å². The van der Waals surface area contributed by atoms with Gasteiger partial charge in [0.05, 0.1) is 16.4 Å². The van der Waals surface area contributed by atoms with E-state index in [9.17, 15) is 4.79 Å². The lowest BCUT2D eigenvalue weighted by Gasteiger charge is -2.04. The molecule has 4 rings (SSSR count). The van der Waals surface area contributed by atoms with Crippen molar-refractivity contribution in [1.29, 1.82) is 0 Å². The molecule has 1 amide bonds. The highest BCUT2D eigenvalue weighted by atomic mass is 35.5. The van der Waals surface area contributed by atoms with Gasteiger partial charge in [-0.05, 0) is 38.1 Å². The molecule has 0 aliphatic rings. The van der Waals surface area contributed by atoms with Gasteiger partial charge in [0.15, 0.2) is 11.5 Å². The van der Waals surface area contributed by atoms with E-state index in [4.69, 9.17) is 11.6 Å². The summed E-state index contributed by atoms with van der Waals surface area (Å²) in [5, 5.41) is 12.1. The van der Waals surface area contributed by atoms with E-state index in [1.165, 1.54) is 0 Å². The average Bonchev–Trinajstić information content (AvgIpc) is 3.29. The molecule has 0 fully saturated rings. The summed E-state index contributed by atoms with van der Waals surface area (Å²) in [5.41, 5.74) is 3.66. The first-order valence-corrected chi connectivity index (χ1v) is 9.57. The summed E-state index contributed by atoms with van der Waals surface area (Å²) < 4.78 is 5.95. The van der Waals surface area contributed by atoms with Crippen molar-refractivity contribution >= 4 is 34.2 Å². The smallest absolute Gasteiger partial charge is 0.257 e. The highest BCUT2D eigenvalue weighted by molar-refractivity contribution is 7.10. The molecule has 7 nitrogen and oxygen atoms in total. The van der Waals surface area contributed by atoms with Crippen molar-refractivity contribution in [2.24, 2.45) is 0 Å². The zero-order valence-electron chi connectivity index (χ0n) is 15.0. The van der Waals surface area contributed by atoms with Crippen LogP contribution in [0.2, 0.25) is 5.02 Å². The number of rotatable bonds is 4. The third-order valence-electron chi connectivity index (χ3n) is 4.15. The number of benzene rings is 2. The van der Waals surface area contributed by atoms with Crippen LogP contribution in [0.5, 0.6) is 0 Å². The fourth-order valence-corrected chi connectivity index (χ4v) is 3.41. The molecule has 0 atom stereocenters. The number of carbonyl (C=O) groups excluding carboxylic acids is 1. The Kier molecular flexibility index (Phi) is 4.89. The van der Waals surface area contributed by atoms with E-state index in [1.54, 1.807) is 22.9 Å². The Labute approximate surface area is 170 Å². The topological polar surface area (TPSA) is 85.6 Å². The van der Waals surface area contributed by atoms with Crippen LogP contribution in [0.15, 0.2) is 48.5 Å². The molecule has 4 aromatic rings. The van der Waals surface area contributed by atoms with Gasteiger partial charge < -0.3 is 0 Å². The van der Waals surface area contributed by atoms with Gasteiger partial charge in [-0.1, -0.05) is 46.6 Å². The lowest BCUT2D eigenvalue weighted by Crippen LogP contribution is -2.11. The molecule has 0 aliphatic carbocycles. The van der Waals surface area contributed by atoms with Gasteiger partial charge >= 0.3 is 0 Å². The van der Waals surface area contributed by atoms with Crippen LogP contribution in [0.4, 0.5) is 5.13 Å². The molecule has 28 heavy (non-hydrogen) atoms. The standard InChI is InChI=1S/C19H15ClN6OS/c1-11-7-9-13(10-8-11)18(27)22-19-21-17(24-28-19)16-12(2)26(25-23-16)15-6-4-3-5-14(15)20/h3-10H,1-2H3,(H,21,22,24,27). The third kappa shape index (κ3) is 3.51. The van der Waals surface area contributed by atoms with Crippen molar-refractivity contribution in [3.63, 3.8) is 0 Å². The van der Waals surface area contributed by atoms with E-state index >= 15 is 0 Å². The van der Waals surface area contributed by atoms with E-state index in [1.807, 2.05) is 44.2 Å². The second-order valence-electron chi connectivity index (χ2n) is 6.13. The minimum Gasteiger partial charge on any atom is -0.297 e. The second-order valence-corrected chi connectivity index (χ2v) is 7.29. The highest BCUT2D eigenvalue weighted by Gasteiger charge is 2.18. The van der Waals surface area contributed by atoms with E-state index < -0.39 is 0 Å². The Hall–Kier alpha value is -3.10. The van der Waals surface area contributed by atoms with Crippen molar-refractivity contribution in [3.05, 3.63) is 70.4 Å². The quantitative estimate of drug-likeness (QED) is 0.541. The minimum absolute atomic E-state index is 0.237. The van der Waals surface area contributed by atoms with Crippen LogP contribution in [-0.4, -0.2) is 30.3 Å². The van der Waals surface area contributed by atoms with Gasteiger partial charge in [0.2, 0.25) is 5.13 Å². The molecule has 0 saturated heterocycles. The zero-order valence-corrected chi connectivity index (χ0v) is 16.6. The molecule has 0 aliphatic heterocycles. The maximum absolute atomic E-state index is 12.3. The summed E-state index contributed by atoms with van der Waals surface area (Å²) in [5.74, 6) is 0.166. The molecule has 0 saturated carbocycles. The van der Waals surface area contributed by atoms with Crippen molar-refractivity contribution in [3.8, 4) is 17.2 Å². The van der Waals surface area contributed by atoms with Crippen LogP contribution in [0, 0.1) is 13.8 Å². The maximum Gasteiger partial charge on any atom is 0.257 e. The predicted molar refractivity (Wildman–Crippen MR) is 109 cm³/mol. The number of amides is 1. The summed E-state index contributed by atoms with van der Waals surface area (Å²) >= 11 is 7.34. The number of aromatic nitrogens is 5. The highest BCUT2D eigenvalue weighted by Crippen LogP contribution is 2.26. The van der Waals surface area contributed by atoms with Crippen LogP contribution in [0.1, 0.15) is 21.6 Å². The number of anilines is 1. The number of aryl methyl sites for hydroxylation is 1. The Bertz CT molecular complexity index is 1150. The first-order valence-electron chi connectivity index (χ1n) is 8.42. The molecule has 1 N–H and O–H groups in total. The number of carbonyl (C=O) groups is 1. The molecule has 0 radical (unpaired) electrons. The van der Waals surface area contributed by atoms with Gasteiger partial charge in [-0.15, -0.1) is 5.10 Å². The first-order chi connectivity index (χ1) is 13.5. The fraction of sp³-hybridized carbons (Fsp3) is 0.105. The molecule has 0 bridgehead atoms. The van der Waals surface area contributed by atoms with E-state index in [0.29, 0.717) is 27.2 Å². The van der Waals surface area contributed by atoms with Gasteiger partial charge in [-0.25, -0.2) is 4.68 Å². The first kappa shape index (κ1) is 18.3. The molecule has 2 aromatic carbocycles. The molecule has 140 valence electrons. The van der Waals surface area contributed by atoms with Gasteiger partial charge in [0, 0.05) is 17.1 Å². The average molecular weight is 411 g/mol. The van der Waals surface area contributed by atoms with Gasteiger partial charge in [0.1, 0.15) is 0 Å². The van der Waals surface area contributed by atoms with E-state index in [0.717, 1.165) is 28.5 Å². The molecule has 0 spiro atoms. The van der Waals surface area contributed by atoms with Gasteiger partial charge in [0.25, 0.3) is 5.91 Å². The summed E-state index contributed by atoms with van der Waals surface area (Å²) in [6.07, 6.45) is 0. The van der Waals surface area contributed by atoms with Crippen LogP contribution in [0.3, 0.4) is 0 Å². The van der Waals surface area contributed by atoms with Crippen molar-refractivity contribution in [2.45, 2.75) is 13.8 Å². The number of hydrogen-bond donors (Lipinski definition) is 1. The monoisotopic (exact) mass is 410 g/mol. The summed E-state index contributed by atoms with van der Waals surface area (Å²) in [4.78, 5) is 16.7. The molecule has 2 heterocycles. The van der Waals surface area contributed by atoms with Crippen molar-refractivity contribution < 1.29 is 4.79 Å². The van der Waals surface area contributed by atoms with Crippen molar-refractivity contribution in [2.75, 3.05) is 5.32 Å². The summed E-state index contributed by atoms with van der Waals surface area (Å²) in [6.45, 7) is 3.83. The predicted octanol–water partition coefficient (Wildman–Crippen LogP) is 4.31. The second kappa shape index (κ2) is 7.49. The Morgan fingerprint density at radius 1 is 1.11 bits per heavy atom. The summed E-state index contributed by atoms with van der Waals surface area (Å²) in [6, 6.07) is 14.7. The normalized spacial score (nSPS) is 10.8. The maximum atomic E-state index is 12.3. The molecular formula is C19H15ClN6OS. The van der Waals surface area contributed by atoms with E-state index in [-0.39, 0.29) is 5.91 Å². The largest absolute Gasteiger partial charge is 0.297 e. The molecule has 9 heteroatoms. The van der Waals surface area contributed by atoms with Crippen LogP contribution >= 0.6 is 23.1 Å². The number of hydrogen-bond acceptors (Lipinski definition) is 6. The molecule has 2 aromatic heterocycles. The Balaban J connectivity index is 1.57. The zero-order chi connectivity index (χ0) is 19.7. The Morgan fingerprint density at radius 3 is 2.61 bits per heavy atom. The lowest BCUT2D eigenvalue weighted by atomic mass is 10.1. The van der Waals surface area contributed by atoms with Gasteiger partial charge in [-0.3, -0.25) is 10.1 Å². The van der Waals surface area contributed by atoms with Gasteiger partial charge in [-0.2, -0.15) is 9.36 Å². The lowest BCUT2D eigenvalue weighted by molar-refractivity contribution is 0.102. The van der Waals surface area contributed by atoms with Crippen LogP contribution < -0.4 is 5.32 Å². The molecule has 0 unspecified atom stereocenters. The third-order valence-corrected chi connectivity index (χ3v) is 5.10. The fourth-order valence-electron chi connectivity index (χ4n) is 2.63. The summed E-state index contributed by atoms with van der Waals surface area (Å²) in [7, 11) is 0. The number of halogens is 1. The van der Waals surface area contributed by atoms with E-state index in [2.05, 4.69) is 25.0 Å². The van der Waals surface area contributed by atoms with Crippen LogP contribution in [0.25, 0.3) is 17.2 Å². The SMILES string of the molecule is Cc1ccc(C(=O)Nc2nc(-c3nnn(-c4ccccc4Cl)c3C)ns2)cc1. The Morgan fingerprint density at radius 2 is 1.86 bits per heavy atom. The van der Waals surface area contributed by atoms with Crippen molar-refractivity contribution in [1.82, 2.24) is 24.4 Å². The number of nitrogens with zero attached hydrogens (tertiary/aromatic N) is 5.